The minimum atomic E-state index is -0.0319. The van der Waals surface area contributed by atoms with Gasteiger partial charge in [-0.25, -0.2) is 0 Å². The molecule has 132 valence electrons. The average molecular weight is 398 g/mol. The van der Waals surface area contributed by atoms with Crippen molar-refractivity contribution >= 4 is 46.4 Å². The van der Waals surface area contributed by atoms with Crippen LogP contribution in [0.25, 0.3) is 0 Å². The minimum absolute atomic E-state index is 0.0319. The van der Waals surface area contributed by atoms with Gasteiger partial charge in [-0.2, -0.15) is 0 Å². The molecule has 0 aromatic heterocycles. The third kappa shape index (κ3) is 5.11. The molecule has 1 heterocycles. The summed E-state index contributed by atoms with van der Waals surface area (Å²) in [6, 6.07) is 12.7. The molecule has 0 saturated carbocycles. The number of carbonyl (C=O) groups is 1. The first-order chi connectivity index (χ1) is 12.0. The molecule has 1 atom stereocenters. The Hall–Kier alpha value is -1.26. The fourth-order valence-electron chi connectivity index (χ4n) is 3.08. The molecule has 1 N–H and O–H groups in total. The summed E-state index contributed by atoms with van der Waals surface area (Å²) < 4.78 is 0. The summed E-state index contributed by atoms with van der Waals surface area (Å²) in [6.07, 6.45) is 1.88. The van der Waals surface area contributed by atoms with Crippen LogP contribution < -0.4 is 5.32 Å². The zero-order valence-electron chi connectivity index (χ0n) is 13.6. The number of amides is 1. The van der Waals surface area contributed by atoms with E-state index in [9.17, 15) is 4.79 Å². The van der Waals surface area contributed by atoms with Gasteiger partial charge in [0.1, 0.15) is 0 Å². The molecule has 0 aliphatic carbocycles. The van der Waals surface area contributed by atoms with Gasteiger partial charge in [0, 0.05) is 33.8 Å². The molecule has 0 spiro atoms. The van der Waals surface area contributed by atoms with Crippen molar-refractivity contribution in [2.24, 2.45) is 5.92 Å². The van der Waals surface area contributed by atoms with Crippen LogP contribution in [0.1, 0.15) is 18.4 Å². The number of nitrogens with zero attached hydrogens (tertiary/aromatic N) is 1. The zero-order chi connectivity index (χ0) is 17.8. The number of likely N-dealkylation sites (tertiary alicyclic amines) is 1. The molecule has 1 saturated heterocycles. The lowest BCUT2D eigenvalue weighted by atomic mass is 9.96. The van der Waals surface area contributed by atoms with Crippen molar-refractivity contribution in [3.8, 4) is 0 Å². The first kappa shape index (κ1) is 18.5. The van der Waals surface area contributed by atoms with Crippen molar-refractivity contribution in [1.29, 1.82) is 0 Å². The molecule has 3 rings (SSSR count). The van der Waals surface area contributed by atoms with Gasteiger partial charge in [0.05, 0.1) is 5.92 Å². The molecule has 1 amide bonds. The van der Waals surface area contributed by atoms with E-state index >= 15 is 0 Å². The van der Waals surface area contributed by atoms with Crippen LogP contribution in [0, 0.1) is 5.92 Å². The lowest BCUT2D eigenvalue weighted by Gasteiger charge is -2.32. The molecule has 2 aromatic rings. The van der Waals surface area contributed by atoms with Gasteiger partial charge in [0.25, 0.3) is 0 Å². The SMILES string of the molecule is O=C(Nc1ccc(Cl)cc1)C1CCCN(Cc2ccc(Cl)cc2Cl)C1. The molecule has 1 unspecified atom stereocenters. The summed E-state index contributed by atoms with van der Waals surface area (Å²) in [6.45, 7) is 2.41. The summed E-state index contributed by atoms with van der Waals surface area (Å²) in [5, 5.41) is 4.93. The van der Waals surface area contributed by atoms with Crippen LogP contribution in [0.4, 0.5) is 5.69 Å². The molecule has 0 bridgehead atoms. The van der Waals surface area contributed by atoms with E-state index in [4.69, 9.17) is 34.8 Å². The van der Waals surface area contributed by atoms with Crippen LogP contribution in [-0.4, -0.2) is 23.9 Å². The second kappa shape index (κ2) is 8.41. The topological polar surface area (TPSA) is 32.3 Å². The smallest absolute Gasteiger partial charge is 0.228 e. The molecule has 2 aromatic carbocycles. The standard InChI is InChI=1S/C19H19Cl3N2O/c20-15-5-7-17(8-6-15)23-19(25)14-2-1-9-24(12-14)11-13-3-4-16(21)10-18(13)22/h3-8,10,14H,1-2,9,11-12H2,(H,23,25). The van der Waals surface area contributed by atoms with E-state index in [2.05, 4.69) is 10.2 Å². The fraction of sp³-hybridized carbons (Fsp3) is 0.316. The second-order valence-electron chi connectivity index (χ2n) is 6.31. The van der Waals surface area contributed by atoms with Crippen LogP contribution >= 0.6 is 34.8 Å². The summed E-state index contributed by atoms with van der Waals surface area (Å²) >= 11 is 18.1. The van der Waals surface area contributed by atoms with E-state index in [1.807, 2.05) is 24.3 Å². The number of hydrogen-bond acceptors (Lipinski definition) is 2. The maximum absolute atomic E-state index is 12.5. The van der Waals surface area contributed by atoms with Gasteiger partial charge in [-0.3, -0.25) is 9.69 Å². The fourth-order valence-corrected chi connectivity index (χ4v) is 3.68. The molecule has 1 aliphatic heterocycles. The summed E-state index contributed by atoms with van der Waals surface area (Å²) in [7, 11) is 0. The number of nitrogens with one attached hydrogen (secondary N) is 1. The van der Waals surface area contributed by atoms with Crippen molar-refractivity contribution in [2.75, 3.05) is 18.4 Å². The third-order valence-electron chi connectivity index (χ3n) is 4.40. The Balaban J connectivity index is 1.60. The number of anilines is 1. The molecule has 3 nitrogen and oxygen atoms in total. The van der Waals surface area contributed by atoms with Crippen molar-refractivity contribution < 1.29 is 4.79 Å². The maximum atomic E-state index is 12.5. The largest absolute Gasteiger partial charge is 0.326 e. The van der Waals surface area contributed by atoms with Gasteiger partial charge in [-0.05, 0) is 61.3 Å². The van der Waals surface area contributed by atoms with Crippen LogP contribution in [0.15, 0.2) is 42.5 Å². The van der Waals surface area contributed by atoms with Crippen LogP contribution in [-0.2, 0) is 11.3 Å². The summed E-state index contributed by atoms with van der Waals surface area (Å²) in [5.41, 5.74) is 1.80. The Morgan fingerprint density at radius 1 is 1.08 bits per heavy atom. The van der Waals surface area contributed by atoms with E-state index < -0.39 is 0 Å². The Kier molecular flexibility index (Phi) is 6.24. The molecule has 0 radical (unpaired) electrons. The van der Waals surface area contributed by atoms with Gasteiger partial charge in [-0.15, -0.1) is 0 Å². The number of benzene rings is 2. The average Bonchev–Trinajstić information content (AvgIpc) is 2.60. The second-order valence-corrected chi connectivity index (χ2v) is 7.59. The monoisotopic (exact) mass is 396 g/mol. The van der Waals surface area contributed by atoms with E-state index in [0.29, 0.717) is 15.1 Å². The Labute approximate surface area is 162 Å². The molecular formula is C19H19Cl3N2O. The molecule has 1 aliphatic rings. The number of carbonyl (C=O) groups excluding carboxylic acids is 1. The van der Waals surface area contributed by atoms with Crippen LogP contribution in [0.3, 0.4) is 0 Å². The molecular weight excluding hydrogens is 379 g/mol. The lowest BCUT2D eigenvalue weighted by Crippen LogP contribution is -2.40. The van der Waals surface area contributed by atoms with Gasteiger partial charge in [0.2, 0.25) is 5.91 Å². The van der Waals surface area contributed by atoms with Crippen molar-refractivity contribution in [3.63, 3.8) is 0 Å². The normalized spacial score (nSPS) is 18.1. The highest BCUT2D eigenvalue weighted by atomic mass is 35.5. The number of halogens is 3. The highest BCUT2D eigenvalue weighted by Gasteiger charge is 2.26. The van der Waals surface area contributed by atoms with Crippen LogP contribution in [0.5, 0.6) is 0 Å². The van der Waals surface area contributed by atoms with Gasteiger partial charge < -0.3 is 5.32 Å². The van der Waals surface area contributed by atoms with Gasteiger partial charge in [-0.1, -0.05) is 40.9 Å². The highest BCUT2D eigenvalue weighted by Crippen LogP contribution is 2.25. The van der Waals surface area contributed by atoms with E-state index in [0.717, 1.165) is 43.7 Å². The number of piperidine rings is 1. The molecule has 25 heavy (non-hydrogen) atoms. The zero-order valence-corrected chi connectivity index (χ0v) is 15.9. The van der Waals surface area contributed by atoms with E-state index in [1.165, 1.54) is 0 Å². The maximum Gasteiger partial charge on any atom is 0.228 e. The van der Waals surface area contributed by atoms with Crippen molar-refractivity contribution in [1.82, 2.24) is 4.90 Å². The van der Waals surface area contributed by atoms with Gasteiger partial charge >= 0.3 is 0 Å². The Morgan fingerprint density at radius 3 is 2.52 bits per heavy atom. The van der Waals surface area contributed by atoms with Crippen molar-refractivity contribution in [2.45, 2.75) is 19.4 Å². The quantitative estimate of drug-likeness (QED) is 0.739. The van der Waals surface area contributed by atoms with E-state index in [1.54, 1.807) is 18.2 Å². The minimum Gasteiger partial charge on any atom is -0.326 e. The highest BCUT2D eigenvalue weighted by molar-refractivity contribution is 6.35. The molecule has 1 fully saturated rings. The summed E-state index contributed by atoms with van der Waals surface area (Å²) in [4.78, 5) is 14.8. The third-order valence-corrected chi connectivity index (χ3v) is 5.24. The molecule has 6 heteroatoms. The lowest BCUT2D eigenvalue weighted by molar-refractivity contribution is -0.121. The van der Waals surface area contributed by atoms with Crippen molar-refractivity contribution in [3.05, 3.63) is 63.1 Å². The first-order valence-electron chi connectivity index (χ1n) is 8.24. The Bertz CT molecular complexity index is 749. The predicted octanol–water partition coefficient (Wildman–Crippen LogP) is 5.50. The summed E-state index contributed by atoms with van der Waals surface area (Å²) in [5.74, 6) is 0.0183. The Morgan fingerprint density at radius 2 is 1.80 bits per heavy atom. The van der Waals surface area contributed by atoms with Crippen LogP contribution in [0.2, 0.25) is 15.1 Å². The first-order valence-corrected chi connectivity index (χ1v) is 9.37. The number of rotatable bonds is 4. The number of hydrogen-bond donors (Lipinski definition) is 1. The van der Waals surface area contributed by atoms with E-state index in [-0.39, 0.29) is 11.8 Å². The predicted molar refractivity (Wildman–Crippen MR) is 105 cm³/mol. The van der Waals surface area contributed by atoms with Gasteiger partial charge in [0.15, 0.2) is 0 Å².